The van der Waals surface area contributed by atoms with Crippen LogP contribution in [0.3, 0.4) is 0 Å². The van der Waals surface area contributed by atoms with Crippen LogP contribution in [-0.4, -0.2) is 22.3 Å². The SMILES string of the molecule is CCC(CC(=O)O)(c1ccccc1)N(Br)OC. The molecule has 1 N–H and O–H groups in total. The molecule has 1 rings (SSSR count). The molecule has 1 atom stereocenters. The minimum Gasteiger partial charge on any atom is -0.481 e. The van der Waals surface area contributed by atoms with E-state index in [1.165, 1.54) is 11.2 Å². The molecule has 0 fully saturated rings. The van der Waals surface area contributed by atoms with Gasteiger partial charge in [-0.05, 0) is 12.0 Å². The molecule has 0 spiro atoms. The van der Waals surface area contributed by atoms with E-state index in [-0.39, 0.29) is 6.42 Å². The molecule has 1 aromatic rings. The minimum absolute atomic E-state index is 0.0351. The number of benzene rings is 1. The van der Waals surface area contributed by atoms with Crippen molar-refractivity contribution in [3.8, 4) is 0 Å². The molecule has 0 aromatic heterocycles. The molecule has 5 heteroatoms. The molecular formula is C12H16BrNO3. The zero-order chi connectivity index (χ0) is 12.9. The van der Waals surface area contributed by atoms with Crippen LogP contribution < -0.4 is 0 Å². The molecule has 0 amide bonds. The Hall–Kier alpha value is -0.910. The number of carbonyl (C=O) groups is 1. The maximum Gasteiger partial charge on any atom is 0.305 e. The van der Waals surface area contributed by atoms with Gasteiger partial charge in [-0.2, -0.15) is 0 Å². The zero-order valence-corrected chi connectivity index (χ0v) is 11.5. The average Bonchev–Trinajstić information content (AvgIpc) is 2.35. The highest BCUT2D eigenvalue weighted by atomic mass is 79.9. The van der Waals surface area contributed by atoms with Gasteiger partial charge in [-0.1, -0.05) is 37.3 Å². The Balaban J connectivity index is 3.20. The Morgan fingerprint density at radius 2 is 2.06 bits per heavy atom. The summed E-state index contributed by atoms with van der Waals surface area (Å²) in [5, 5.41) is 9.08. The first-order chi connectivity index (χ1) is 8.06. The third-order valence-corrected chi connectivity index (χ3v) is 3.80. The Bertz CT molecular complexity index is 371. The van der Waals surface area contributed by atoms with E-state index >= 15 is 0 Å². The summed E-state index contributed by atoms with van der Waals surface area (Å²) in [4.78, 5) is 16.2. The normalized spacial score (nSPS) is 14.6. The summed E-state index contributed by atoms with van der Waals surface area (Å²) in [7, 11) is 1.50. The first kappa shape index (κ1) is 14.2. The van der Waals surface area contributed by atoms with Crippen LogP contribution in [0.1, 0.15) is 25.3 Å². The molecule has 0 bridgehead atoms. The molecule has 0 saturated heterocycles. The van der Waals surface area contributed by atoms with Gasteiger partial charge in [0.15, 0.2) is 0 Å². The van der Waals surface area contributed by atoms with Crippen LogP contribution in [-0.2, 0) is 15.2 Å². The molecule has 4 nitrogen and oxygen atoms in total. The first-order valence-corrected chi connectivity index (χ1v) is 6.05. The predicted molar refractivity (Wildman–Crippen MR) is 68.4 cm³/mol. The van der Waals surface area contributed by atoms with E-state index in [2.05, 4.69) is 16.1 Å². The van der Waals surface area contributed by atoms with Gasteiger partial charge in [0.05, 0.1) is 19.1 Å². The molecule has 1 unspecified atom stereocenters. The highest BCUT2D eigenvalue weighted by Gasteiger charge is 2.39. The molecule has 94 valence electrons. The second-order valence-electron chi connectivity index (χ2n) is 3.75. The van der Waals surface area contributed by atoms with Gasteiger partial charge in [0.2, 0.25) is 0 Å². The molecule has 0 saturated carbocycles. The number of hydroxylamine groups is 1. The Labute approximate surface area is 109 Å². The standard InChI is InChI=1S/C12H16BrNO3/c1-3-12(9-11(15)16,14(13)17-2)10-7-5-4-6-8-10/h4-8H,3,9H2,1-2H3,(H,15,16). The molecule has 0 radical (unpaired) electrons. The lowest BCUT2D eigenvalue weighted by Gasteiger charge is -2.37. The van der Waals surface area contributed by atoms with Crippen LogP contribution in [0.25, 0.3) is 0 Å². The number of halogens is 1. The van der Waals surface area contributed by atoms with E-state index < -0.39 is 11.5 Å². The largest absolute Gasteiger partial charge is 0.481 e. The lowest BCUT2D eigenvalue weighted by molar-refractivity contribution is -0.152. The Kier molecular flexibility index (Phi) is 5.11. The van der Waals surface area contributed by atoms with Gasteiger partial charge in [0, 0.05) is 16.1 Å². The summed E-state index contributed by atoms with van der Waals surface area (Å²) in [6.07, 6.45) is 0.578. The monoisotopic (exact) mass is 301 g/mol. The molecule has 0 heterocycles. The van der Waals surface area contributed by atoms with Crippen molar-refractivity contribution in [2.75, 3.05) is 7.11 Å². The summed E-state index contributed by atoms with van der Waals surface area (Å²) in [5.41, 5.74) is 0.200. The fourth-order valence-electron chi connectivity index (χ4n) is 1.89. The van der Waals surface area contributed by atoms with E-state index in [9.17, 15) is 4.79 Å². The molecule has 17 heavy (non-hydrogen) atoms. The smallest absolute Gasteiger partial charge is 0.305 e. The third-order valence-electron chi connectivity index (χ3n) is 2.84. The van der Waals surface area contributed by atoms with Crippen molar-refractivity contribution >= 4 is 22.1 Å². The molecule has 1 aromatic carbocycles. The Morgan fingerprint density at radius 3 is 2.47 bits per heavy atom. The third kappa shape index (κ3) is 3.06. The van der Waals surface area contributed by atoms with Gasteiger partial charge in [0.25, 0.3) is 0 Å². The fraction of sp³-hybridized carbons (Fsp3) is 0.417. The average molecular weight is 302 g/mol. The van der Waals surface area contributed by atoms with Crippen LogP contribution in [0.15, 0.2) is 30.3 Å². The second kappa shape index (κ2) is 6.14. The molecule has 0 aliphatic carbocycles. The van der Waals surface area contributed by atoms with Gasteiger partial charge in [-0.25, -0.2) is 0 Å². The van der Waals surface area contributed by atoms with E-state index in [1.807, 2.05) is 37.3 Å². The number of carboxylic acids is 1. The van der Waals surface area contributed by atoms with Crippen molar-refractivity contribution in [1.29, 1.82) is 0 Å². The lowest BCUT2D eigenvalue weighted by atomic mass is 9.85. The number of rotatable bonds is 6. The van der Waals surface area contributed by atoms with Gasteiger partial charge in [-0.3, -0.25) is 9.63 Å². The maximum absolute atomic E-state index is 11.1. The first-order valence-electron chi connectivity index (χ1n) is 5.34. The summed E-state index contributed by atoms with van der Waals surface area (Å²) in [6, 6.07) is 9.48. The van der Waals surface area contributed by atoms with E-state index in [0.717, 1.165) is 5.56 Å². The van der Waals surface area contributed by atoms with Crippen LogP contribution in [0.4, 0.5) is 0 Å². The number of carboxylic acid groups (broad SMARTS) is 1. The van der Waals surface area contributed by atoms with Gasteiger partial charge in [0.1, 0.15) is 0 Å². The van der Waals surface area contributed by atoms with Crippen LogP contribution in [0, 0.1) is 0 Å². The number of nitrogens with zero attached hydrogens (tertiary/aromatic N) is 1. The Morgan fingerprint density at radius 1 is 1.47 bits per heavy atom. The summed E-state index contributed by atoms with van der Waals surface area (Å²) in [5.74, 6) is -0.864. The number of aliphatic carboxylic acids is 1. The van der Waals surface area contributed by atoms with E-state index in [0.29, 0.717) is 6.42 Å². The lowest BCUT2D eigenvalue weighted by Crippen LogP contribution is -2.41. The zero-order valence-electron chi connectivity index (χ0n) is 9.89. The van der Waals surface area contributed by atoms with Crippen LogP contribution >= 0.6 is 16.1 Å². The molecule has 0 aliphatic rings. The molecule has 0 aliphatic heterocycles. The van der Waals surface area contributed by atoms with Crippen molar-refractivity contribution in [3.05, 3.63) is 35.9 Å². The van der Waals surface area contributed by atoms with Crippen LogP contribution in [0.5, 0.6) is 0 Å². The van der Waals surface area contributed by atoms with Crippen molar-refractivity contribution in [3.63, 3.8) is 0 Å². The van der Waals surface area contributed by atoms with Crippen molar-refractivity contribution in [2.24, 2.45) is 0 Å². The van der Waals surface area contributed by atoms with E-state index in [4.69, 9.17) is 9.94 Å². The topological polar surface area (TPSA) is 49.8 Å². The van der Waals surface area contributed by atoms with Gasteiger partial charge in [-0.15, -0.1) is 4.09 Å². The second-order valence-corrected chi connectivity index (χ2v) is 4.39. The summed E-state index contributed by atoms with van der Waals surface area (Å²) >= 11 is 3.27. The number of hydrogen-bond donors (Lipinski definition) is 1. The van der Waals surface area contributed by atoms with Gasteiger partial charge < -0.3 is 5.11 Å². The van der Waals surface area contributed by atoms with Crippen LogP contribution in [0.2, 0.25) is 0 Å². The minimum atomic E-state index is -0.864. The number of hydrogen-bond acceptors (Lipinski definition) is 3. The summed E-state index contributed by atoms with van der Waals surface area (Å²) in [6.45, 7) is 1.93. The highest BCUT2D eigenvalue weighted by Crippen LogP contribution is 2.37. The maximum atomic E-state index is 11.1. The highest BCUT2D eigenvalue weighted by molar-refractivity contribution is 9.07. The quantitative estimate of drug-likeness (QED) is 0.648. The predicted octanol–water partition coefficient (Wildman–Crippen LogP) is 2.94. The van der Waals surface area contributed by atoms with Crippen molar-refractivity contribution < 1.29 is 14.7 Å². The fourth-order valence-corrected chi connectivity index (χ4v) is 2.47. The van der Waals surface area contributed by atoms with Crippen molar-refractivity contribution in [2.45, 2.75) is 25.3 Å². The summed E-state index contributed by atoms with van der Waals surface area (Å²) < 4.78 is 1.43. The molecular weight excluding hydrogens is 286 g/mol. The van der Waals surface area contributed by atoms with Gasteiger partial charge >= 0.3 is 5.97 Å². The van der Waals surface area contributed by atoms with E-state index in [1.54, 1.807) is 0 Å². The van der Waals surface area contributed by atoms with Crippen molar-refractivity contribution in [1.82, 2.24) is 4.09 Å².